The number of phenolic OH excluding ortho intramolecular Hbond substituents is 1. The first kappa shape index (κ1) is 49.4. The number of aromatic nitrogens is 1. The Balaban J connectivity index is 0. The van der Waals surface area contributed by atoms with Crippen molar-refractivity contribution < 1.29 is 51.8 Å². The molecule has 284 valence electrons. The number of carbonyl (C=O) groups excluding carboxylic acids is 5. The van der Waals surface area contributed by atoms with Gasteiger partial charge in [0, 0.05) is 22.9 Å². The van der Waals surface area contributed by atoms with Crippen LogP contribution in [0.5, 0.6) is 5.75 Å². The van der Waals surface area contributed by atoms with Crippen LogP contribution in [0, 0.1) is 11.6 Å². The third kappa shape index (κ3) is 19.0. The van der Waals surface area contributed by atoms with Crippen LogP contribution in [0.2, 0.25) is 0 Å². The molecule has 2 aromatic heterocycles. The van der Waals surface area contributed by atoms with E-state index in [0.29, 0.717) is 35.6 Å². The van der Waals surface area contributed by atoms with Crippen molar-refractivity contribution in [1.82, 2.24) is 4.98 Å². The minimum Gasteiger partial charge on any atom is -0.507 e. The summed E-state index contributed by atoms with van der Waals surface area (Å²) in [5, 5.41) is 11.8. The topological polar surface area (TPSA) is 193 Å². The Kier molecular flexibility index (Phi) is 24.8. The van der Waals surface area contributed by atoms with E-state index in [9.17, 15) is 37.5 Å². The van der Waals surface area contributed by atoms with Gasteiger partial charge in [-0.05, 0) is 51.1 Å². The fraction of sp³-hybridized carbons (Fsp3) is 0.314. The molecular weight excluding hydrogens is 790 g/mol. The number of aldehydes is 1. The van der Waals surface area contributed by atoms with E-state index in [1.165, 1.54) is 36.5 Å². The third-order valence-corrected chi connectivity index (χ3v) is 7.14. The van der Waals surface area contributed by atoms with Crippen molar-refractivity contribution in [3.05, 3.63) is 81.2 Å². The van der Waals surface area contributed by atoms with Crippen LogP contribution in [0.1, 0.15) is 64.5 Å². The number of halogens is 3. The van der Waals surface area contributed by atoms with Gasteiger partial charge in [0.1, 0.15) is 40.2 Å². The number of thiazole rings is 1. The SMILES string of the molecule is C.C.CC(=O)CC(N)=S.CCOC(=O)CC(=O)CBr.CCOC(=O)Cc1csc(-c2cc3ccc(F)cc3oc2=O)n1.O=Cc1ccc(F)cc1O. The Hall–Kier alpha value is -4.74. The number of carbonyl (C=O) groups is 5. The highest BCUT2D eigenvalue weighted by molar-refractivity contribution is 9.09. The molecule has 0 bridgehead atoms. The number of rotatable bonds is 11. The molecule has 0 radical (unpaired) electrons. The quantitative estimate of drug-likeness (QED) is 0.0395. The number of phenols is 1. The van der Waals surface area contributed by atoms with Gasteiger partial charge in [-0.3, -0.25) is 24.0 Å². The average molecular weight is 832 g/mol. The number of nitrogens with zero attached hydrogens (tertiary/aromatic N) is 1. The summed E-state index contributed by atoms with van der Waals surface area (Å²) >= 11 is 8.60. The van der Waals surface area contributed by atoms with Crippen molar-refractivity contribution in [3.63, 3.8) is 0 Å². The molecule has 0 saturated carbocycles. The predicted octanol–water partition coefficient (Wildman–Crippen LogP) is 6.93. The molecule has 2 aromatic carbocycles. The molecule has 0 atom stereocenters. The highest BCUT2D eigenvalue weighted by Crippen LogP contribution is 2.25. The molecular formula is C35H41BrF2N2O10S2. The predicted molar refractivity (Wildman–Crippen MR) is 203 cm³/mol. The van der Waals surface area contributed by atoms with Gasteiger partial charge in [0.25, 0.3) is 0 Å². The van der Waals surface area contributed by atoms with Crippen molar-refractivity contribution in [2.24, 2.45) is 5.73 Å². The minimum atomic E-state index is -0.597. The maximum absolute atomic E-state index is 13.2. The van der Waals surface area contributed by atoms with Gasteiger partial charge in [-0.2, -0.15) is 0 Å². The second kappa shape index (κ2) is 26.1. The lowest BCUT2D eigenvalue weighted by molar-refractivity contribution is -0.145. The van der Waals surface area contributed by atoms with Crippen LogP contribution in [0.15, 0.2) is 57.1 Å². The highest BCUT2D eigenvalue weighted by atomic mass is 79.9. The van der Waals surface area contributed by atoms with Crippen LogP contribution in [-0.4, -0.2) is 63.4 Å². The van der Waals surface area contributed by atoms with Crippen LogP contribution in [0.4, 0.5) is 8.78 Å². The number of thiocarbonyl (C=S) groups is 1. The summed E-state index contributed by atoms with van der Waals surface area (Å²) in [7, 11) is 0. The molecule has 12 nitrogen and oxygen atoms in total. The second-order valence-electron chi connectivity index (χ2n) is 9.58. The van der Waals surface area contributed by atoms with Crippen LogP contribution in [-0.2, 0) is 35.1 Å². The van der Waals surface area contributed by atoms with Crippen molar-refractivity contribution >= 4 is 85.2 Å². The molecule has 0 spiro atoms. The van der Waals surface area contributed by atoms with Gasteiger partial charge in [-0.1, -0.05) is 43.0 Å². The monoisotopic (exact) mass is 830 g/mol. The van der Waals surface area contributed by atoms with E-state index in [2.05, 4.69) is 37.9 Å². The number of ether oxygens (including phenoxy) is 2. The van der Waals surface area contributed by atoms with Gasteiger partial charge < -0.3 is 24.7 Å². The molecule has 52 heavy (non-hydrogen) atoms. The molecule has 2 heterocycles. The molecule has 4 aromatic rings. The summed E-state index contributed by atoms with van der Waals surface area (Å²) in [5.41, 5.74) is 5.50. The maximum atomic E-state index is 13.2. The first-order valence-corrected chi connectivity index (χ1v) is 16.8. The lowest BCUT2D eigenvalue weighted by Gasteiger charge is -2.00. The van der Waals surface area contributed by atoms with E-state index in [1.54, 1.807) is 25.3 Å². The van der Waals surface area contributed by atoms with E-state index in [0.717, 1.165) is 18.2 Å². The smallest absolute Gasteiger partial charge is 0.346 e. The van der Waals surface area contributed by atoms with Gasteiger partial charge in [-0.25, -0.2) is 18.6 Å². The minimum absolute atomic E-state index is 0. The molecule has 0 aliphatic rings. The Morgan fingerprint density at radius 2 is 1.60 bits per heavy atom. The van der Waals surface area contributed by atoms with Crippen LogP contribution in [0.3, 0.4) is 0 Å². The van der Waals surface area contributed by atoms with Crippen LogP contribution >= 0.6 is 39.5 Å². The Morgan fingerprint density at radius 1 is 1.00 bits per heavy atom. The molecule has 0 aliphatic heterocycles. The van der Waals surface area contributed by atoms with E-state index >= 15 is 0 Å². The lowest BCUT2D eigenvalue weighted by atomic mass is 10.2. The average Bonchev–Trinajstić information content (AvgIpc) is 3.49. The van der Waals surface area contributed by atoms with Gasteiger partial charge in [0.05, 0.1) is 53.2 Å². The maximum Gasteiger partial charge on any atom is 0.346 e. The number of aromatic hydroxyl groups is 1. The number of fused-ring (bicyclic) bond motifs is 1. The van der Waals surface area contributed by atoms with E-state index in [-0.39, 0.29) is 84.4 Å². The number of alkyl halides is 1. The summed E-state index contributed by atoms with van der Waals surface area (Å²) in [6.45, 7) is 5.53. The number of hydrogen-bond acceptors (Lipinski definition) is 13. The van der Waals surface area contributed by atoms with Crippen LogP contribution < -0.4 is 11.4 Å². The van der Waals surface area contributed by atoms with Gasteiger partial charge in [0.2, 0.25) is 0 Å². The Labute approximate surface area is 317 Å². The summed E-state index contributed by atoms with van der Waals surface area (Å²) in [4.78, 5) is 69.3. The highest BCUT2D eigenvalue weighted by Gasteiger charge is 2.14. The largest absolute Gasteiger partial charge is 0.507 e. The first-order valence-electron chi connectivity index (χ1n) is 14.4. The normalized spacial score (nSPS) is 9.42. The summed E-state index contributed by atoms with van der Waals surface area (Å²) in [6, 6.07) is 8.82. The zero-order valence-electron chi connectivity index (χ0n) is 27.0. The van der Waals surface area contributed by atoms with Crippen LogP contribution in [0.25, 0.3) is 21.5 Å². The number of hydrogen-bond donors (Lipinski definition) is 2. The number of ketones is 2. The van der Waals surface area contributed by atoms with Crippen molar-refractivity contribution in [2.45, 2.75) is 54.9 Å². The van der Waals surface area contributed by atoms with Crippen molar-refractivity contribution in [2.75, 3.05) is 18.5 Å². The van der Waals surface area contributed by atoms with E-state index in [4.69, 9.17) is 20.0 Å². The Morgan fingerprint density at radius 3 is 2.12 bits per heavy atom. The fourth-order valence-corrected chi connectivity index (χ4v) is 4.61. The van der Waals surface area contributed by atoms with E-state index in [1.807, 2.05) is 0 Å². The molecule has 3 N–H and O–H groups in total. The molecule has 4 rings (SSSR count). The third-order valence-electron chi connectivity index (χ3n) is 5.45. The van der Waals surface area contributed by atoms with Gasteiger partial charge >= 0.3 is 17.6 Å². The number of benzene rings is 2. The molecule has 0 amide bonds. The molecule has 0 saturated heterocycles. The standard InChI is InChI=1S/C16H12FNO4S.C7H5FO2.C6H9BrO3.C4H7NOS.2CH4/c1-2-21-14(19)7-11-8-23-15(18-11)12-5-9-3-4-10(17)6-13(9)22-16(12)20;8-6-2-1-5(4-9)7(10)3-6;1-2-10-6(9)3-5(8)4-7;1-3(6)2-4(5)7;;/h3-6,8H,2,7H2,1H3;1-4,10H;2-4H2,1H3;2H2,1H3,(H2,5,7);2*1H4. The zero-order chi connectivity index (χ0) is 37.8. The summed E-state index contributed by atoms with van der Waals surface area (Å²) in [5.74, 6) is -2.30. The first-order chi connectivity index (χ1) is 23.6. The van der Waals surface area contributed by atoms with Crippen molar-refractivity contribution in [3.8, 4) is 16.3 Å². The number of nitrogens with two attached hydrogens (primary N) is 1. The second-order valence-corrected chi connectivity index (χ2v) is 11.5. The summed E-state index contributed by atoms with van der Waals surface area (Å²) < 4.78 is 39.9. The lowest BCUT2D eigenvalue weighted by Crippen LogP contribution is -2.11. The molecule has 0 aliphatic carbocycles. The van der Waals surface area contributed by atoms with E-state index < -0.39 is 23.2 Å². The van der Waals surface area contributed by atoms with Gasteiger partial charge in [-0.15, -0.1) is 11.3 Å². The molecule has 0 fully saturated rings. The molecule has 0 unspecified atom stereocenters. The number of Topliss-reactive ketones (excluding diaryl/α,β-unsaturated/α-hetero) is 2. The molecule has 17 heteroatoms. The fourth-order valence-electron chi connectivity index (χ4n) is 3.39. The zero-order valence-corrected chi connectivity index (χ0v) is 30.3. The van der Waals surface area contributed by atoms with Gasteiger partial charge in [0.15, 0.2) is 12.1 Å². The Bertz CT molecular complexity index is 1850. The number of esters is 2. The van der Waals surface area contributed by atoms with Crippen molar-refractivity contribution in [1.29, 1.82) is 0 Å². The summed E-state index contributed by atoms with van der Waals surface area (Å²) in [6.07, 6.45) is 0.623.